The fourth-order valence-electron chi connectivity index (χ4n) is 2.90. The van der Waals surface area contributed by atoms with Crippen molar-refractivity contribution in [1.82, 2.24) is 10.2 Å². The number of nitrogens with zero attached hydrogens (tertiary/aromatic N) is 1. The zero-order valence-corrected chi connectivity index (χ0v) is 15.4. The van der Waals surface area contributed by atoms with E-state index in [9.17, 15) is 14.4 Å². The molecule has 0 radical (unpaired) electrons. The summed E-state index contributed by atoms with van der Waals surface area (Å²) in [5.74, 6) is -1.30. The number of morpholine rings is 1. The van der Waals surface area contributed by atoms with Gasteiger partial charge in [0.1, 0.15) is 0 Å². The van der Waals surface area contributed by atoms with Gasteiger partial charge in [0.25, 0.3) is 11.8 Å². The summed E-state index contributed by atoms with van der Waals surface area (Å²) in [6.45, 7) is 1.36. The lowest BCUT2D eigenvalue weighted by atomic mass is 10.1. The van der Waals surface area contributed by atoms with Crippen molar-refractivity contribution in [3.05, 3.63) is 57.8 Å². The fourth-order valence-corrected chi connectivity index (χ4v) is 3.54. The van der Waals surface area contributed by atoms with Crippen LogP contribution in [0.4, 0.5) is 0 Å². The molecule has 0 spiro atoms. The van der Waals surface area contributed by atoms with E-state index in [1.165, 1.54) is 11.3 Å². The van der Waals surface area contributed by atoms with Crippen LogP contribution in [0.3, 0.4) is 0 Å². The quantitative estimate of drug-likeness (QED) is 0.789. The third kappa shape index (κ3) is 4.93. The van der Waals surface area contributed by atoms with E-state index in [2.05, 4.69) is 5.32 Å². The van der Waals surface area contributed by atoms with Crippen LogP contribution in [0.15, 0.2) is 41.8 Å². The highest BCUT2D eigenvalue weighted by Crippen LogP contribution is 2.16. The van der Waals surface area contributed by atoms with Crippen molar-refractivity contribution in [2.45, 2.75) is 19.0 Å². The van der Waals surface area contributed by atoms with E-state index < -0.39 is 12.0 Å². The number of ether oxygens (including phenoxy) is 1. The second-order valence-electron chi connectivity index (χ2n) is 6.18. The van der Waals surface area contributed by atoms with E-state index in [0.29, 0.717) is 30.1 Å². The van der Waals surface area contributed by atoms with Gasteiger partial charge in [0.15, 0.2) is 0 Å². The van der Waals surface area contributed by atoms with Crippen LogP contribution in [-0.2, 0) is 16.1 Å². The Morgan fingerprint density at radius 1 is 1.22 bits per heavy atom. The highest BCUT2D eigenvalue weighted by molar-refractivity contribution is 7.12. The van der Waals surface area contributed by atoms with Crippen molar-refractivity contribution in [3.8, 4) is 0 Å². The Morgan fingerprint density at radius 3 is 2.67 bits per heavy atom. The molecule has 2 N–H and O–H groups in total. The van der Waals surface area contributed by atoms with Gasteiger partial charge in [-0.2, -0.15) is 0 Å². The van der Waals surface area contributed by atoms with E-state index >= 15 is 0 Å². The van der Waals surface area contributed by atoms with E-state index in [1.54, 1.807) is 35.2 Å². The van der Waals surface area contributed by atoms with Gasteiger partial charge in [-0.25, -0.2) is 0 Å². The molecule has 1 atom stereocenters. The number of thiophene rings is 1. The molecular weight excluding hydrogens is 368 g/mol. The van der Waals surface area contributed by atoms with Crippen molar-refractivity contribution in [3.63, 3.8) is 0 Å². The molecule has 1 aliphatic rings. The van der Waals surface area contributed by atoms with Crippen molar-refractivity contribution in [2.24, 2.45) is 0 Å². The second-order valence-corrected chi connectivity index (χ2v) is 7.13. The van der Waals surface area contributed by atoms with Gasteiger partial charge in [-0.15, -0.1) is 11.3 Å². The number of hydrogen-bond acceptors (Lipinski definition) is 5. The molecule has 1 fully saturated rings. The van der Waals surface area contributed by atoms with Crippen molar-refractivity contribution < 1.29 is 24.2 Å². The molecule has 2 aromatic rings. The molecule has 0 bridgehead atoms. The molecule has 1 saturated heterocycles. The number of carboxylic acids is 1. The molecule has 3 rings (SSSR count). The molecular formula is C19H20N2O5S. The third-order valence-corrected chi connectivity index (χ3v) is 5.17. The van der Waals surface area contributed by atoms with Gasteiger partial charge in [-0.1, -0.05) is 18.2 Å². The van der Waals surface area contributed by atoms with Gasteiger partial charge in [0, 0.05) is 18.7 Å². The standard InChI is InChI=1S/C19H20N2O5S/c22-17(23)10-15-12-26-8-7-21(15)19(25)14-5-3-13(4-6-14)11-20-18(24)16-2-1-9-27-16/h1-6,9,15H,7-8,10-12H2,(H,20,24)(H,22,23). The average molecular weight is 388 g/mol. The summed E-state index contributed by atoms with van der Waals surface area (Å²) in [4.78, 5) is 37.9. The first-order chi connectivity index (χ1) is 13.0. The summed E-state index contributed by atoms with van der Waals surface area (Å²) in [5.41, 5.74) is 1.36. The van der Waals surface area contributed by atoms with Gasteiger partial charge in [0.2, 0.25) is 0 Å². The summed E-state index contributed by atoms with van der Waals surface area (Å²) < 4.78 is 5.31. The molecule has 142 valence electrons. The number of amides is 2. The Hall–Kier alpha value is -2.71. The topological polar surface area (TPSA) is 95.9 Å². The number of hydrogen-bond donors (Lipinski definition) is 2. The molecule has 2 amide bonds. The molecule has 0 saturated carbocycles. The second kappa shape index (κ2) is 8.79. The van der Waals surface area contributed by atoms with E-state index in [4.69, 9.17) is 9.84 Å². The van der Waals surface area contributed by atoms with Crippen LogP contribution in [-0.4, -0.2) is 53.6 Å². The number of aliphatic carboxylic acids is 1. The van der Waals surface area contributed by atoms with Crippen molar-refractivity contribution >= 4 is 29.1 Å². The maximum Gasteiger partial charge on any atom is 0.305 e. The van der Waals surface area contributed by atoms with Gasteiger partial charge in [-0.05, 0) is 29.1 Å². The zero-order valence-electron chi connectivity index (χ0n) is 14.6. The van der Waals surface area contributed by atoms with E-state index in [1.807, 2.05) is 11.4 Å². The Bertz CT molecular complexity index is 804. The lowest BCUT2D eigenvalue weighted by molar-refractivity contribution is -0.139. The maximum absolute atomic E-state index is 12.7. The number of nitrogens with one attached hydrogen (secondary N) is 1. The highest BCUT2D eigenvalue weighted by atomic mass is 32.1. The highest BCUT2D eigenvalue weighted by Gasteiger charge is 2.29. The minimum Gasteiger partial charge on any atom is -0.481 e. The Morgan fingerprint density at radius 2 is 2.00 bits per heavy atom. The number of benzene rings is 1. The SMILES string of the molecule is O=C(O)CC1COCCN1C(=O)c1ccc(CNC(=O)c2cccs2)cc1. The first-order valence-electron chi connectivity index (χ1n) is 8.56. The minimum atomic E-state index is -0.958. The Labute approximate surface area is 160 Å². The van der Waals surface area contributed by atoms with Crippen LogP contribution in [0.5, 0.6) is 0 Å². The van der Waals surface area contributed by atoms with Crippen LogP contribution in [0, 0.1) is 0 Å². The van der Waals surface area contributed by atoms with E-state index in [0.717, 1.165) is 5.56 Å². The molecule has 2 heterocycles. The van der Waals surface area contributed by atoms with Crippen LogP contribution in [0.25, 0.3) is 0 Å². The van der Waals surface area contributed by atoms with E-state index in [-0.39, 0.29) is 24.8 Å². The monoisotopic (exact) mass is 388 g/mol. The summed E-state index contributed by atoms with van der Waals surface area (Å²) in [6, 6.07) is 10.1. The predicted octanol–water partition coefficient (Wildman–Crippen LogP) is 1.99. The van der Waals surface area contributed by atoms with Crippen LogP contribution in [0.1, 0.15) is 32.0 Å². The lowest BCUT2D eigenvalue weighted by Crippen LogP contribution is -2.49. The van der Waals surface area contributed by atoms with Gasteiger partial charge >= 0.3 is 5.97 Å². The number of rotatable bonds is 6. The summed E-state index contributed by atoms with van der Waals surface area (Å²) in [5, 5.41) is 13.7. The van der Waals surface area contributed by atoms with Crippen molar-refractivity contribution in [2.75, 3.05) is 19.8 Å². The number of carboxylic acid groups (broad SMARTS) is 1. The molecule has 0 aliphatic carbocycles. The predicted molar refractivity (Wildman–Crippen MR) is 99.8 cm³/mol. The summed E-state index contributed by atoms with van der Waals surface area (Å²) in [7, 11) is 0. The van der Waals surface area contributed by atoms with Crippen molar-refractivity contribution in [1.29, 1.82) is 0 Å². The van der Waals surface area contributed by atoms with Crippen LogP contribution in [0.2, 0.25) is 0 Å². The van der Waals surface area contributed by atoms with Crippen LogP contribution < -0.4 is 5.32 Å². The first kappa shape index (κ1) is 19.1. The number of carbonyl (C=O) groups is 3. The maximum atomic E-state index is 12.7. The Balaban J connectivity index is 1.61. The van der Waals surface area contributed by atoms with Gasteiger partial charge in [0.05, 0.1) is 30.6 Å². The molecule has 1 aromatic heterocycles. The molecule has 1 unspecified atom stereocenters. The molecule has 7 nitrogen and oxygen atoms in total. The first-order valence-corrected chi connectivity index (χ1v) is 9.43. The Kier molecular flexibility index (Phi) is 6.20. The van der Waals surface area contributed by atoms with Crippen LogP contribution >= 0.6 is 11.3 Å². The smallest absolute Gasteiger partial charge is 0.305 e. The zero-order chi connectivity index (χ0) is 19.2. The summed E-state index contributed by atoms with van der Waals surface area (Å²) in [6.07, 6.45) is -0.140. The normalized spacial score (nSPS) is 16.7. The molecule has 1 aromatic carbocycles. The number of carbonyl (C=O) groups excluding carboxylic acids is 2. The van der Waals surface area contributed by atoms with Gasteiger partial charge in [-0.3, -0.25) is 14.4 Å². The third-order valence-electron chi connectivity index (χ3n) is 4.30. The minimum absolute atomic E-state index is 0.130. The van der Waals surface area contributed by atoms with Gasteiger partial charge < -0.3 is 20.1 Å². The average Bonchev–Trinajstić information content (AvgIpc) is 3.21. The lowest BCUT2D eigenvalue weighted by Gasteiger charge is -2.34. The molecule has 1 aliphatic heterocycles. The molecule has 27 heavy (non-hydrogen) atoms. The fraction of sp³-hybridized carbons (Fsp3) is 0.316. The summed E-state index contributed by atoms with van der Waals surface area (Å²) >= 11 is 1.38. The molecule has 8 heteroatoms. The largest absolute Gasteiger partial charge is 0.481 e.